The number of rotatable bonds is 1. The average Bonchev–Trinajstić information content (AvgIpc) is 2.11. The number of nitrogens with zero attached hydrogens (tertiary/aromatic N) is 2. The number of sulfonamides is 1. The van der Waals surface area contributed by atoms with E-state index >= 15 is 0 Å². The van der Waals surface area contributed by atoms with Crippen LogP contribution in [0.5, 0.6) is 0 Å². The number of aryl methyl sites for hydroxylation is 1. The van der Waals surface area contributed by atoms with E-state index in [2.05, 4.69) is 4.98 Å². The van der Waals surface area contributed by atoms with E-state index in [-0.39, 0.29) is 5.03 Å². The molecule has 0 aromatic carbocycles. The van der Waals surface area contributed by atoms with E-state index in [4.69, 9.17) is 5.14 Å². The lowest BCUT2D eigenvalue weighted by Crippen LogP contribution is -2.16. The van der Waals surface area contributed by atoms with Crippen molar-refractivity contribution >= 4 is 10.0 Å². The monoisotopic (exact) mass is 175 g/mol. The maximum atomic E-state index is 10.8. The van der Waals surface area contributed by atoms with Crippen molar-refractivity contribution in [3.05, 3.63) is 12.0 Å². The Kier molecular flexibility index (Phi) is 1.73. The summed E-state index contributed by atoms with van der Waals surface area (Å²) in [4.78, 5) is 3.79. The first-order chi connectivity index (χ1) is 4.93. The Bertz CT molecular complexity index is 365. The number of nitrogens with two attached hydrogens (primary N) is 1. The Morgan fingerprint density at radius 2 is 2.18 bits per heavy atom. The smallest absolute Gasteiger partial charge is 0.255 e. The van der Waals surface area contributed by atoms with Crippen LogP contribution >= 0.6 is 0 Å². The number of hydrogen-bond acceptors (Lipinski definition) is 3. The summed E-state index contributed by atoms with van der Waals surface area (Å²) >= 11 is 0. The first kappa shape index (κ1) is 8.22. The van der Waals surface area contributed by atoms with Gasteiger partial charge in [-0.05, 0) is 6.92 Å². The highest BCUT2D eigenvalue weighted by Gasteiger charge is 2.13. The molecular weight excluding hydrogens is 166 g/mol. The molecule has 1 rings (SSSR count). The van der Waals surface area contributed by atoms with Crippen molar-refractivity contribution in [2.24, 2.45) is 12.2 Å². The zero-order valence-corrected chi connectivity index (χ0v) is 7.09. The molecule has 0 spiro atoms. The Morgan fingerprint density at radius 3 is 2.36 bits per heavy atom. The van der Waals surface area contributed by atoms with Crippen molar-refractivity contribution < 1.29 is 8.42 Å². The van der Waals surface area contributed by atoms with Gasteiger partial charge in [0.05, 0.1) is 6.20 Å². The first-order valence-corrected chi connectivity index (χ1v) is 4.48. The van der Waals surface area contributed by atoms with Crippen molar-refractivity contribution in [2.75, 3.05) is 0 Å². The van der Waals surface area contributed by atoms with Gasteiger partial charge in [-0.2, -0.15) is 0 Å². The lowest BCUT2D eigenvalue weighted by Gasteiger charge is -1.98. The quantitative estimate of drug-likeness (QED) is 0.617. The molecule has 1 heterocycles. The van der Waals surface area contributed by atoms with Gasteiger partial charge in [0.25, 0.3) is 10.0 Å². The largest absolute Gasteiger partial charge is 0.321 e. The molecule has 62 valence electrons. The fourth-order valence-electron chi connectivity index (χ4n) is 0.746. The van der Waals surface area contributed by atoms with Gasteiger partial charge in [-0.1, -0.05) is 0 Å². The predicted octanol–water partition coefficient (Wildman–Crippen LogP) is -0.624. The van der Waals surface area contributed by atoms with Gasteiger partial charge in [-0.25, -0.2) is 18.5 Å². The van der Waals surface area contributed by atoms with E-state index in [9.17, 15) is 8.42 Å². The molecule has 0 fully saturated rings. The van der Waals surface area contributed by atoms with E-state index in [1.807, 2.05) is 0 Å². The maximum absolute atomic E-state index is 10.8. The van der Waals surface area contributed by atoms with E-state index in [1.165, 1.54) is 10.8 Å². The first-order valence-electron chi connectivity index (χ1n) is 2.94. The lowest BCUT2D eigenvalue weighted by atomic mass is 10.7. The van der Waals surface area contributed by atoms with Crippen LogP contribution in [0.3, 0.4) is 0 Å². The van der Waals surface area contributed by atoms with Crippen LogP contribution in [0.2, 0.25) is 0 Å². The zero-order valence-electron chi connectivity index (χ0n) is 6.27. The molecule has 2 N–H and O–H groups in total. The number of aromatic nitrogens is 2. The van der Waals surface area contributed by atoms with Gasteiger partial charge < -0.3 is 4.57 Å². The highest BCUT2D eigenvalue weighted by atomic mass is 32.2. The summed E-state index contributed by atoms with van der Waals surface area (Å²) < 4.78 is 23.0. The molecule has 0 aliphatic rings. The zero-order chi connectivity index (χ0) is 8.65. The molecule has 0 unspecified atom stereocenters. The van der Waals surface area contributed by atoms with Gasteiger partial charge in [0.1, 0.15) is 5.82 Å². The maximum Gasteiger partial charge on any atom is 0.255 e. The van der Waals surface area contributed by atoms with Crippen LogP contribution in [0.4, 0.5) is 0 Å². The van der Waals surface area contributed by atoms with E-state index < -0.39 is 10.0 Å². The minimum absolute atomic E-state index is 0.0370. The topological polar surface area (TPSA) is 78.0 Å². The minimum atomic E-state index is -3.61. The molecule has 0 saturated carbocycles. The number of primary sulfonamides is 1. The van der Waals surface area contributed by atoms with Crippen molar-refractivity contribution in [3.8, 4) is 0 Å². The SMILES string of the molecule is Cc1ncc(S(N)(=O)=O)n1C. The molecule has 0 aliphatic heterocycles. The van der Waals surface area contributed by atoms with Crippen molar-refractivity contribution in [1.29, 1.82) is 0 Å². The molecule has 1 aromatic heterocycles. The van der Waals surface area contributed by atoms with Crippen LogP contribution in [-0.4, -0.2) is 18.0 Å². The molecule has 0 saturated heterocycles. The summed E-state index contributed by atoms with van der Waals surface area (Å²) in [6.45, 7) is 1.70. The molecule has 5 nitrogen and oxygen atoms in total. The molecular formula is C5H9N3O2S. The van der Waals surface area contributed by atoms with Gasteiger partial charge >= 0.3 is 0 Å². The summed E-state index contributed by atoms with van der Waals surface area (Å²) in [5, 5.41) is 4.92. The van der Waals surface area contributed by atoms with Crippen LogP contribution in [0.25, 0.3) is 0 Å². The van der Waals surface area contributed by atoms with Gasteiger partial charge in [-0.3, -0.25) is 0 Å². The third kappa shape index (κ3) is 1.41. The molecule has 1 aromatic rings. The van der Waals surface area contributed by atoms with Gasteiger partial charge in [0, 0.05) is 7.05 Å². The van der Waals surface area contributed by atoms with Crippen LogP contribution in [-0.2, 0) is 17.1 Å². The Labute approximate surface area is 64.9 Å². The van der Waals surface area contributed by atoms with Gasteiger partial charge in [0.15, 0.2) is 5.03 Å². The summed E-state index contributed by atoms with van der Waals surface area (Å²) in [6.07, 6.45) is 1.24. The highest BCUT2D eigenvalue weighted by molar-refractivity contribution is 7.89. The molecule has 0 atom stereocenters. The summed E-state index contributed by atoms with van der Waals surface area (Å²) in [5.41, 5.74) is 0. The fourth-order valence-corrected chi connectivity index (χ4v) is 1.46. The fraction of sp³-hybridized carbons (Fsp3) is 0.400. The number of imidazole rings is 1. The molecule has 0 bridgehead atoms. The van der Waals surface area contributed by atoms with Crippen LogP contribution in [0.1, 0.15) is 5.82 Å². The predicted molar refractivity (Wildman–Crippen MR) is 39.3 cm³/mol. The van der Waals surface area contributed by atoms with Gasteiger partial charge in [-0.15, -0.1) is 0 Å². The Morgan fingerprint density at radius 1 is 1.64 bits per heavy atom. The molecule has 6 heteroatoms. The lowest BCUT2D eigenvalue weighted by molar-refractivity contribution is 0.586. The van der Waals surface area contributed by atoms with Crippen molar-refractivity contribution in [1.82, 2.24) is 9.55 Å². The van der Waals surface area contributed by atoms with Gasteiger partial charge in [0.2, 0.25) is 0 Å². The van der Waals surface area contributed by atoms with Crippen molar-refractivity contribution in [3.63, 3.8) is 0 Å². The molecule has 11 heavy (non-hydrogen) atoms. The normalized spacial score (nSPS) is 11.9. The van der Waals surface area contributed by atoms with Crippen LogP contribution in [0, 0.1) is 6.92 Å². The summed E-state index contributed by atoms with van der Waals surface area (Å²) in [6, 6.07) is 0. The Balaban J connectivity index is 3.38. The third-order valence-electron chi connectivity index (χ3n) is 1.47. The van der Waals surface area contributed by atoms with E-state index in [0.717, 1.165) is 0 Å². The standard InChI is InChI=1S/C5H9N3O2S/c1-4-7-3-5(8(4)2)11(6,9)10/h3H,1-2H3,(H2,6,9,10). The third-order valence-corrected chi connectivity index (χ3v) is 2.43. The van der Waals surface area contributed by atoms with Crippen LogP contribution < -0.4 is 5.14 Å². The minimum Gasteiger partial charge on any atom is -0.321 e. The number of hydrogen-bond donors (Lipinski definition) is 1. The highest BCUT2D eigenvalue weighted by Crippen LogP contribution is 2.05. The van der Waals surface area contributed by atoms with E-state index in [1.54, 1.807) is 14.0 Å². The second-order valence-corrected chi connectivity index (χ2v) is 3.76. The molecule has 0 amide bonds. The summed E-state index contributed by atoms with van der Waals surface area (Å²) in [5.74, 6) is 0.619. The summed E-state index contributed by atoms with van der Waals surface area (Å²) in [7, 11) is -2.01. The average molecular weight is 175 g/mol. The Hall–Kier alpha value is -0.880. The second kappa shape index (κ2) is 2.31. The van der Waals surface area contributed by atoms with Crippen LogP contribution in [0.15, 0.2) is 11.2 Å². The molecule has 0 radical (unpaired) electrons. The van der Waals surface area contributed by atoms with E-state index in [0.29, 0.717) is 5.82 Å². The molecule has 0 aliphatic carbocycles. The van der Waals surface area contributed by atoms with Crippen molar-refractivity contribution in [2.45, 2.75) is 11.9 Å². The second-order valence-electron chi connectivity index (χ2n) is 2.25.